The summed E-state index contributed by atoms with van der Waals surface area (Å²) < 4.78 is 0.925. The van der Waals surface area contributed by atoms with E-state index < -0.39 is 0 Å². The minimum atomic E-state index is 0.103. The lowest BCUT2D eigenvalue weighted by atomic mass is 10.1. The number of hydrogen-bond donors (Lipinski definition) is 2. The highest BCUT2D eigenvalue weighted by Gasteiger charge is 2.20. The Morgan fingerprint density at radius 2 is 2.41 bits per heavy atom. The molecule has 0 aliphatic carbocycles. The lowest BCUT2D eigenvalue weighted by Gasteiger charge is -2.13. The maximum atomic E-state index is 11.0. The van der Waals surface area contributed by atoms with Crippen LogP contribution < -0.4 is 10.6 Å². The van der Waals surface area contributed by atoms with Crippen molar-refractivity contribution in [1.29, 1.82) is 5.26 Å². The number of carbonyl (C=O) groups excluding carboxylic acids is 1. The van der Waals surface area contributed by atoms with Gasteiger partial charge in [-0.3, -0.25) is 4.79 Å². The normalized spacial score (nSPS) is 18.6. The minimum Gasteiger partial charge on any atom is -0.382 e. The predicted octanol–water partition coefficient (Wildman–Crippen LogP) is 2.01. The summed E-state index contributed by atoms with van der Waals surface area (Å²) in [5.74, 6) is 0.103. The molecule has 1 fully saturated rings. The van der Waals surface area contributed by atoms with Gasteiger partial charge in [-0.15, -0.1) is 0 Å². The summed E-state index contributed by atoms with van der Waals surface area (Å²) >= 11 is 3.37. The summed E-state index contributed by atoms with van der Waals surface area (Å²) in [6.07, 6.45) is 1.44. The quantitative estimate of drug-likeness (QED) is 0.896. The van der Waals surface area contributed by atoms with Gasteiger partial charge in [0.1, 0.15) is 6.07 Å². The molecule has 0 bridgehead atoms. The Balaban J connectivity index is 2.01. The van der Waals surface area contributed by atoms with Crippen molar-refractivity contribution in [2.75, 3.05) is 11.9 Å². The Kier molecular flexibility index (Phi) is 3.64. The SMILES string of the molecule is N#Cc1ccc(Br)cc1NCC1CCC(=O)N1. The van der Waals surface area contributed by atoms with Gasteiger partial charge in [0.15, 0.2) is 0 Å². The van der Waals surface area contributed by atoms with Crippen LogP contribution in [-0.4, -0.2) is 18.5 Å². The van der Waals surface area contributed by atoms with Crippen molar-refractivity contribution in [3.05, 3.63) is 28.2 Å². The first-order valence-electron chi connectivity index (χ1n) is 5.42. The summed E-state index contributed by atoms with van der Waals surface area (Å²) in [4.78, 5) is 11.0. The average molecular weight is 294 g/mol. The third kappa shape index (κ3) is 2.98. The molecule has 0 aromatic heterocycles. The molecule has 2 N–H and O–H groups in total. The van der Waals surface area contributed by atoms with Gasteiger partial charge < -0.3 is 10.6 Å². The Labute approximate surface area is 108 Å². The molecule has 1 aromatic carbocycles. The van der Waals surface area contributed by atoms with Gasteiger partial charge >= 0.3 is 0 Å². The van der Waals surface area contributed by atoms with Crippen molar-refractivity contribution in [2.45, 2.75) is 18.9 Å². The number of rotatable bonds is 3. The lowest BCUT2D eigenvalue weighted by molar-refractivity contribution is -0.119. The Morgan fingerprint density at radius 3 is 3.06 bits per heavy atom. The predicted molar refractivity (Wildman–Crippen MR) is 68.5 cm³/mol. The topological polar surface area (TPSA) is 64.9 Å². The number of nitriles is 1. The maximum absolute atomic E-state index is 11.0. The molecule has 2 rings (SSSR count). The van der Waals surface area contributed by atoms with Crippen LogP contribution in [0.5, 0.6) is 0 Å². The molecule has 17 heavy (non-hydrogen) atoms. The zero-order valence-electron chi connectivity index (χ0n) is 9.16. The number of nitrogens with zero attached hydrogens (tertiary/aromatic N) is 1. The van der Waals surface area contributed by atoms with Gasteiger partial charge in [0, 0.05) is 23.5 Å². The third-order valence-electron chi connectivity index (χ3n) is 2.73. The zero-order valence-corrected chi connectivity index (χ0v) is 10.8. The van der Waals surface area contributed by atoms with Gasteiger partial charge in [0.2, 0.25) is 5.91 Å². The third-order valence-corrected chi connectivity index (χ3v) is 3.22. The fourth-order valence-corrected chi connectivity index (χ4v) is 2.18. The standard InChI is InChI=1S/C12H12BrN3O/c13-9-2-1-8(6-14)11(5-9)15-7-10-3-4-12(17)16-10/h1-2,5,10,15H,3-4,7H2,(H,16,17). The van der Waals surface area contributed by atoms with Crippen molar-refractivity contribution >= 4 is 27.5 Å². The van der Waals surface area contributed by atoms with E-state index in [0.29, 0.717) is 18.5 Å². The number of nitrogens with one attached hydrogen (secondary N) is 2. The van der Waals surface area contributed by atoms with Crippen LogP contribution in [0.4, 0.5) is 5.69 Å². The molecule has 4 nitrogen and oxygen atoms in total. The number of carbonyl (C=O) groups is 1. The van der Waals surface area contributed by atoms with E-state index in [1.807, 2.05) is 12.1 Å². The molecular formula is C12H12BrN3O. The summed E-state index contributed by atoms with van der Waals surface area (Å²) in [5.41, 5.74) is 1.40. The molecule has 0 radical (unpaired) electrons. The highest BCUT2D eigenvalue weighted by molar-refractivity contribution is 9.10. The van der Waals surface area contributed by atoms with Crippen molar-refractivity contribution in [3.63, 3.8) is 0 Å². The molecule has 1 aliphatic rings. The molecular weight excluding hydrogens is 282 g/mol. The smallest absolute Gasteiger partial charge is 0.220 e. The fraction of sp³-hybridized carbons (Fsp3) is 0.333. The van der Waals surface area contributed by atoms with Gasteiger partial charge in [-0.1, -0.05) is 15.9 Å². The molecule has 1 amide bonds. The zero-order chi connectivity index (χ0) is 12.3. The molecule has 1 heterocycles. The first-order chi connectivity index (χ1) is 8.19. The number of amides is 1. The molecule has 1 aliphatic heterocycles. The van der Waals surface area contributed by atoms with E-state index in [1.165, 1.54) is 0 Å². The van der Waals surface area contributed by atoms with E-state index in [1.54, 1.807) is 6.07 Å². The van der Waals surface area contributed by atoms with Gasteiger partial charge in [-0.05, 0) is 24.6 Å². The largest absolute Gasteiger partial charge is 0.382 e. The van der Waals surface area contributed by atoms with Gasteiger partial charge in [-0.25, -0.2) is 0 Å². The summed E-state index contributed by atoms with van der Waals surface area (Å²) in [6, 6.07) is 7.76. The van der Waals surface area contributed by atoms with Crippen LogP contribution in [0.3, 0.4) is 0 Å². The highest BCUT2D eigenvalue weighted by Crippen LogP contribution is 2.21. The second kappa shape index (κ2) is 5.19. The van der Waals surface area contributed by atoms with Crippen LogP contribution >= 0.6 is 15.9 Å². The molecule has 1 unspecified atom stereocenters. The van der Waals surface area contributed by atoms with Crippen LogP contribution in [0.1, 0.15) is 18.4 Å². The fourth-order valence-electron chi connectivity index (χ4n) is 1.82. The first-order valence-corrected chi connectivity index (χ1v) is 6.21. The van der Waals surface area contributed by atoms with Crippen LogP contribution in [0.2, 0.25) is 0 Å². The summed E-state index contributed by atoms with van der Waals surface area (Å²) in [6.45, 7) is 0.650. The van der Waals surface area contributed by atoms with E-state index in [2.05, 4.69) is 32.6 Å². The molecule has 0 spiro atoms. The van der Waals surface area contributed by atoms with Crippen molar-refractivity contribution in [2.24, 2.45) is 0 Å². The Morgan fingerprint density at radius 1 is 1.59 bits per heavy atom. The number of halogens is 1. The van der Waals surface area contributed by atoms with Crippen LogP contribution in [0.25, 0.3) is 0 Å². The minimum absolute atomic E-state index is 0.103. The summed E-state index contributed by atoms with van der Waals surface area (Å²) in [7, 11) is 0. The van der Waals surface area contributed by atoms with Gasteiger partial charge in [0.05, 0.1) is 11.3 Å². The van der Waals surface area contributed by atoms with E-state index in [9.17, 15) is 4.79 Å². The molecule has 1 aromatic rings. The molecule has 0 saturated carbocycles. The monoisotopic (exact) mass is 293 g/mol. The number of hydrogen-bond acceptors (Lipinski definition) is 3. The molecule has 1 saturated heterocycles. The van der Waals surface area contributed by atoms with Crippen LogP contribution in [0, 0.1) is 11.3 Å². The Bertz CT molecular complexity index is 481. The number of anilines is 1. The second-order valence-corrected chi connectivity index (χ2v) is 4.90. The van der Waals surface area contributed by atoms with Gasteiger partial charge in [-0.2, -0.15) is 5.26 Å². The lowest BCUT2D eigenvalue weighted by Crippen LogP contribution is -2.31. The molecule has 88 valence electrons. The van der Waals surface area contributed by atoms with Crippen molar-refractivity contribution < 1.29 is 4.79 Å². The maximum Gasteiger partial charge on any atom is 0.220 e. The number of benzene rings is 1. The molecule has 1 atom stereocenters. The van der Waals surface area contributed by atoms with E-state index >= 15 is 0 Å². The summed E-state index contributed by atoms with van der Waals surface area (Å²) in [5, 5.41) is 15.0. The second-order valence-electron chi connectivity index (χ2n) is 3.99. The van der Waals surface area contributed by atoms with Crippen molar-refractivity contribution in [1.82, 2.24) is 5.32 Å². The van der Waals surface area contributed by atoms with Crippen LogP contribution in [-0.2, 0) is 4.79 Å². The first kappa shape index (κ1) is 11.9. The molecule has 5 heteroatoms. The van der Waals surface area contributed by atoms with E-state index in [-0.39, 0.29) is 11.9 Å². The average Bonchev–Trinajstić information content (AvgIpc) is 2.73. The Hall–Kier alpha value is -1.54. The van der Waals surface area contributed by atoms with E-state index in [4.69, 9.17) is 5.26 Å². The van der Waals surface area contributed by atoms with Gasteiger partial charge in [0.25, 0.3) is 0 Å². The van der Waals surface area contributed by atoms with E-state index in [0.717, 1.165) is 16.6 Å². The highest BCUT2D eigenvalue weighted by atomic mass is 79.9. The van der Waals surface area contributed by atoms with Crippen molar-refractivity contribution in [3.8, 4) is 6.07 Å². The van der Waals surface area contributed by atoms with Crippen LogP contribution in [0.15, 0.2) is 22.7 Å².